The summed E-state index contributed by atoms with van der Waals surface area (Å²) in [6.45, 7) is 0.194. The summed E-state index contributed by atoms with van der Waals surface area (Å²) in [5, 5.41) is 20.2. The minimum absolute atomic E-state index is 0.189. The molecule has 1 atom stereocenters. The van der Waals surface area contributed by atoms with Crippen molar-refractivity contribution in [3.63, 3.8) is 0 Å². The molecule has 0 fully saturated rings. The van der Waals surface area contributed by atoms with E-state index >= 15 is 0 Å². The molecule has 0 saturated heterocycles. The first-order valence-corrected chi connectivity index (χ1v) is 7.67. The monoisotopic (exact) mass is 322 g/mol. The van der Waals surface area contributed by atoms with E-state index in [0.29, 0.717) is 34.6 Å². The van der Waals surface area contributed by atoms with Crippen molar-refractivity contribution in [3.05, 3.63) is 65.4 Å². The molecule has 2 aromatic carbocycles. The van der Waals surface area contributed by atoms with Crippen LogP contribution in [0.1, 0.15) is 29.4 Å². The number of terminal acetylenes is 1. The Morgan fingerprint density at radius 1 is 1.17 bits per heavy atom. The number of furan rings is 1. The summed E-state index contributed by atoms with van der Waals surface area (Å²) in [5.41, 5.74) is 2.13. The fraction of sp³-hybridized carbons (Fsp3) is 0.200. The quantitative estimate of drug-likeness (QED) is 0.681. The molecule has 0 aliphatic rings. The maximum atomic E-state index is 10.2. The number of ether oxygens (including phenoxy) is 1. The van der Waals surface area contributed by atoms with E-state index in [0.717, 1.165) is 5.56 Å². The smallest absolute Gasteiger partial charge is 0.143 e. The molecule has 0 saturated carbocycles. The van der Waals surface area contributed by atoms with Crippen molar-refractivity contribution >= 4 is 11.0 Å². The highest BCUT2D eigenvalue weighted by atomic mass is 16.5. The van der Waals surface area contributed by atoms with Crippen LogP contribution in [0.2, 0.25) is 0 Å². The van der Waals surface area contributed by atoms with E-state index in [9.17, 15) is 10.2 Å². The molecule has 4 heteroatoms. The van der Waals surface area contributed by atoms with E-state index in [2.05, 4.69) is 5.92 Å². The lowest BCUT2D eigenvalue weighted by Crippen LogP contribution is -1.99. The van der Waals surface area contributed by atoms with Gasteiger partial charge in [0.15, 0.2) is 0 Å². The molecule has 0 radical (unpaired) electrons. The predicted molar refractivity (Wildman–Crippen MR) is 91.3 cm³/mol. The minimum atomic E-state index is -0.821. The topological polar surface area (TPSA) is 62.8 Å². The molecule has 0 aliphatic heterocycles. The summed E-state index contributed by atoms with van der Waals surface area (Å²) in [7, 11) is 0. The van der Waals surface area contributed by atoms with Crippen LogP contribution in [-0.4, -0.2) is 10.2 Å². The zero-order valence-corrected chi connectivity index (χ0v) is 13.1. The summed E-state index contributed by atoms with van der Waals surface area (Å²) in [6, 6.07) is 15.1. The van der Waals surface area contributed by atoms with Crippen LogP contribution in [0.15, 0.2) is 52.9 Å². The van der Waals surface area contributed by atoms with E-state index in [-0.39, 0.29) is 13.0 Å². The molecule has 3 aromatic rings. The standard InChI is InChI=1S/C20H18O4/c1-2-6-18(22)16-9-10-19(17-11-15(12-21)24-20(16)17)23-13-14-7-4-3-5-8-14/h1,3-5,7-11,18,21-22H,6,12-13H2. The largest absolute Gasteiger partial charge is 0.488 e. The van der Waals surface area contributed by atoms with Crippen LogP contribution < -0.4 is 4.74 Å². The number of aliphatic hydroxyl groups excluding tert-OH is 2. The van der Waals surface area contributed by atoms with Crippen LogP contribution in [0, 0.1) is 12.3 Å². The fourth-order valence-corrected chi connectivity index (χ4v) is 2.59. The van der Waals surface area contributed by atoms with Crippen molar-refractivity contribution < 1.29 is 19.4 Å². The molecule has 24 heavy (non-hydrogen) atoms. The second-order valence-corrected chi connectivity index (χ2v) is 5.46. The van der Waals surface area contributed by atoms with Crippen molar-refractivity contribution in [2.75, 3.05) is 0 Å². The SMILES string of the molecule is C#CCC(O)c1ccc(OCc2ccccc2)c2cc(CO)oc12. The summed E-state index contributed by atoms with van der Waals surface area (Å²) in [4.78, 5) is 0. The average molecular weight is 322 g/mol. The second kappa shape index (κ2) is 7.22. The van der Waals surface area contributed by atoms with Gasteiger partial charge in [-0.2, -0.15) is 0 Å². The van der Waals surface area contributed by atoms with Crippen LogP contribution in [0.4, 0.5) is 0 Å². The number of hydrogen-bond acceptors (Lipinski definition) is 4. The van der Waals surface area contributed by atoms with Gasteiger partial charge in [-0.3, -0.25) is 0 Å². The Morgan fingerprint density at radius 3 is 2.67 bits per heavy atom. The van der Waals surface area contributed by atoms with Gasteiger partial charge in [-0.05, 0) is 23.8 Å². The van der Waals surface area contributed by atoms with Crippen molar-refractivity contribution in [3.8, 4) is 18.1 Å². The highest BCUT2D eigenvalue weighted by Crippen LogP contribution is 2.35. The normalized spacial score (nSPS) is 12.0. The van der Waals surface area contributed by atoms with Crippen LogP contribution in [0.5, 0.6) is 5.75 Å². The highest BCUT2D eigenvalue weighted by molar-refractivity contribution is 5.87. The summed E-state index contributed by atoms with van der Waals surface area (Å²) < 4.78 is 11.5. The third-order valence-electron chi connectivity index (χ3n) is 3.79. The van der Waals surface area contributed by atoms with Crippen molar-refractivity contribution in [2.45, 2.75) is 25.7 Å². The van der Waals surface area contributed by atoms with Crippen molar-refractivity contribution in [2.24, 2.45) is 0 Å². The Bertz CT molecular complexity index is 858. The first-order chi connectivity index (χ1) is 11.7. The van der Waals surface area contributed by atoms with Gasteiger partial charge < -0.3 is 19.4 Å². The van der Waals surface area contributed by atoms with E-state index in [1.54, 1.807) is 18.2 Å². The van der Waals surface area contributed by atoms with Crippen LogP contribution in [0.25, 0.3) is 11.0 Å². The molecule has 0 spiro atoms. The van der Waals surface area contributed by atoms with E-state index in [1.807, 2.05) is 30.3 Å². The molecule has 0 bridgehead atoms. The molecule has 122 valence electrons. The van der Waals surface area contributed by atoms with Gasteiger partial charge in [-0.15, -0.1) is 12.3 Å². The minimum Gasteiger partial charge on any atom is -0.488 e. The first kappa shape index (κ1) is 16.1. The zero-order valence-electron chi connectivity index (χ0n) is 13.1. The Kier molecular flexibility index (Phi) is 4.85. The number of aliphatic hydroxyl groups is 2. The molecule has 1 heterocycles. The van der Waals surface area contributed by atoms with E-state index in [1.165, 1.54) is 0 Å². The van der Waals surface area contributed by atoms with Gasteiger partial charge in [0, 0.05) is 12.0 Å². The van der Waals surface area contributed by atoms with E-state index in [4.69, 9.17) is 15.6 Å². The molecule has 1 aromatic heterocycles. The third kappa shape index (κ3) is 3.28. The Hall–Kier alpha value is -2.74. The lowest BCUT2D eigenvalue weighted by atomic mass is 10.0. The maximum absolute atomic E-state index is 10.2. The maximum Gasteiger partial charge on any atom is 0.143 e. The lowest BCUT2D eigenvalue weighted by Gasteiger charge is -2.12. The second-order valence-electron chi connectivity index (χ2n) is 5.46. The van der Waals surface area contributed by atoms with Crippen LogP contribution >= 0.6 is 0 Å². The molecular formula is C20H18O4. The number of rotatable bonds is 6. The number of fused-ring (bicyclic) bond motifs is 1. The third-order valence-corrected chi connectivity index (χ3v) is 3.79. The summed E-state index contributed by atoms with van der Waals surface area (Å²) >= 11 is 0. The van der Waals surface area contributed by atoms with Crippen LogP contribution in [0.3, 0.4) is 0 Å². The van der Waals surface area contributed by atoms with Gasteiger partial charge in [-0.25, -0.2) is 0 Å². The van der Waals surface area contributed by atoms with Gasteiger partial charge in [0.05, 0.1) is 11.5 Å². The summed E-state index contributed by atoms with van der Waals surface area (Å²) in [5.74, 6) is 3.49. The Labute approximate surface area is 140 Å². The predicted octanol–water partition coefficient (Wildman–Crippen LogP) is 3.56. The summed E-state index contributed by atoms with van der Waals surface area (Å²) in [6.07, 6.45) is 4.65. The van der Waals surface area contributed by atoms with Gasteiger partial charge in [-0.1, -0.05) is 30.3 Å². The van der Waals surface area contributed by atoms with Gasteiger partial charge in [0.25, 0.3) is 0 Å². The Balaban J connectivity index is 1.95. The fourth-order valence-electron chi connectivity index (χ4n) is 2.59. The zero-order chi connectivity index (χ0) is 16.9. The molecule has 1 unspecified atom stereocenters. The molecule has 0 amide bonds. The number of benzene rings is 2. The molecule has 4 nitrogen and oxygen atoms in total. The van der Waals surface area contributed by atoms with Gasteiger partial charge >= 0.3 is 0 Å². The molecule has 0 aliphatic carbocycles. The lowest BCUT2D eigenvalue weighted by molar-refractivity contribution is 0.183. The highest BCUT2D eigenvalue weighted by Gasteiger charge is 2.18. The van der Waals surface area contributed by atoms with Crippen LogP contribution in [-0.2, 0) is 13.2 Å². The molecule has 2 N–H and O–H groups in total. The van der Waals surface area contributed by atoms with Gasteiger partial charge in [0.1, 0.15) is 30.3 Å². The van der Waals surface area contributed by atoms with Gasteiger partial charge in [0.2, 0.25) is 0 Å². The van der Waals surface area contributed by atoms with Crippen molar-refractivity contribution in [1.29, 1.82) is 0 Å². The first-order valence-electron chi connectivity index (χ1n) is 7.67. The molecule has 3 rings (SSSR count). The Morgan fingerprint density at radius 2 is 1.96 bits per heavy atom. The number of hydrogen-bond donors (Lipinski definition) is 2. The molecular weight excluding hydrogens is 304 g/mol. The van der Waals surface area contributed by atoms with E-state index < -0.39 is 6.10 Å². The average Bonchev–Trinajstić information content (AvgIpc) is 3.05. The van der Waals surface area contributed by atoms with Crippen molar-refractivity contribution in [1.82, 2.24) is 0 Å².